The molecule has 0 fully saturated rings. The van der Waals surface area contributed by atoms with Gasteiger partial charge in [-0.15, -0.1) is 0 Å². The molecule has 0 atom stereocenters. The Morgan fingerprint density at radius 1 is 1.22 bits per heavy atom. The SMILES string of the molecule is ClC(Cl)c1ncncn1. The smallest absolute Gasteiger partial charge is 0.167 e. The molecule has 0 aromatic carbocycles. The number of rotatable bonds is 1. The van der Waals surface area contributed by atoms with Gasteiger partial charge in [-0.05, 0) is 0 Å². The molecule has 1 aromatic heterocycles. The Bertz CT molecular complexity index is 176. The van der Waals surface area contributed by atoms with Gasteiger partial charge in [0.15, 0.2) is 10.7 Å². The van der Waals surface area contributed by atoms with Crippen molar-refractivity contribution in [3.63, 3.8) is 0 Å². The Morgan fingerprint density at radius 3 is 2.11 bits per heavy atom. The van der Waals surface area contributed by atoms with E-state index >= 15 is 0 Å². The van der Waals surface area contributed by atoms with E-state index in [4.69, 9.17) is 23.2 Å². The van der Waals surface area contributed by atoms with Crippen LogP contribution in [0, 0.1) is 0 Å². The molecule has 0 aliphatic heterocycles. The predicted molar refractivity (Wildman–Crippen MR) is 34.3 cm³/mol. The first kappa shape index (κ1) is 6.71. The molecule has 0 saturated heterocycles. The summed E-state index contributed by atoms with van der Waals surface area (Å²) in [7, 11) is 0. The molecule has 0 radical (unpaired) electrons. The molecule has 0 aliphatic carbocycles. The van der Waals surface area contributed by atoms with Gasteiger partial charge in [-0.1, -0.05) is 23.2 Å². The number of alkyl halides is 2. The molecule has 0 aliphatic rings. The monoisotopic (exact) mass is 163 g/mol. The summed E-state index contributed by atoms with van der Waals surface area (Å²) in [5.74, 6) is 0.383. The number of hydrogen-bond donors (Lipinski definition) is 0. The second-order valence-electron chi connectivity index (χ2n) is 1.30. The molecule has 3 nitrogen and oxygen atoms in total. The summed E-state index contributed by atoms with van der Waals surface area (Å²) in [4.78, 5) is 10.3. The van der Waals surface area contributed by atoms with Gasteiger partial charge in [0.2, 0.25) is 0 Å². The predicted octanol–water partition coefficient (Wildman–Crippen LogP) is 1.35. The van der Waals surface area contributed by atoms with E-state index in [1.165, 1.54) is 12.7 Å². The molecule has 0 N–H and O–H groups in total. The summed E-state index contributed by atoms with van der Waals surface area (Å²) in [6.07, 6.45) is 2.69. The molecule has 5 heteroatoms. The van der Waals surface area contributed by atoms with E-state index in [9.17, 15) is 0 Å². The van der Waals surface area contributed by atoms with Gasteiger partial charge in [0.05, 0.1) is 0 Å². The van der Waals surface area contributed by atoms with Crippen LogP contribution in [0.2, 0.25) is 0 Å². The summed E-state index contributed by atoms with van der Waals surface area (Å²) in [6, 6.07) is 0. The van der Waals surface area contributed by atoms with E-state index in [2.05, 4.69) is 15.0 Å². The van der Waals surface area contributed by atoms with Crippen LogP contribution >= 0.6 is 23.2 Å². The van der Waals surface area contributed by atoms with Crippen molar-refractivity contribution in [2.75, 3.05) is 0 Å². The van der Waals surface area contributed by atoms with Crippen LogP contribution in [0.4, 0.5) is 0 Å². The zero-order valence-electron chi connectivity index (χ0n) is 4.33. The van der Waals surface area contributed by atoms with Crippen molar-refractivity contribution in [1.82, 2.24) is 15.0 Å². The van der Waals surface area contributed by atoms with Gasteiger partial charge in [-0.2, -0.15) is 0 Å². The molecule has 1 aromatic rings. The van der Waals surface area contributed by atoms with Crippen LogP contribution in [0.5, 0.6) is 0 Å². The summed E-state index contributed by atoms with van der Waals surface area (Å²) in [5.41, 5.74) is 0. The van der Waals surface area contributed by atoms with E-state index in [1.54, 1.807) is 0 Å². The topological polar surface area (TPSA) is 38.7 Å². The van der Waals surface area contributed by atoms with Crippen molar-refractivity contribution in [3.8, 4) is 0 Å². The molecule has 1 heterocycles. The Kier molecular flexibility index (Phi) is 2.19. The molecule has 48 valence electrons. The first-order valence-corrected chi connectivity index (χ1v) is 3.08. The van der Waals surface area contributed by atoms with Crippen molar-refractivity contribution in [2.24, 2.45) is 0 Å². The zero-order chi connectivity index (χ0) is 6.69. The van der Waals surface area contributed by atoms with Gasteiger partial charge >= 0.3 is 0 Å². The maximum absolute atomic E-state index is 5.42. The number of hydrogen-bond acceptors (Lipinski definition) is 3. The number of halogens is 2. The van der Waals surface area contributed by atoms with Crippen molar-refractivity contribution >= 4 is 23.2 Å². The highest BCUT2D eigenvalue weighted by atomic mass is 35.5. The highest BCUT2D eigenvalue weighted by Gasteiger charge is 2.03. The Balaban J connectivity index is 2.85. The third-order valence-corrected chi connectivity index (χ3v) is 1.10. The average molecular weight is 164 g/mol. The minimum Gasteiger partial charge on any atom is -0.225 e. The quantitative estimate of drug-likeness (QED) is 0.588. The lowest BCUT2D eigenvalue weighted by Gasteiger charge is -1.93. The summed E-state index contributed by atoms with van der Waals surface area (Å²) < 4.78 is 0. The highest BCUT2D eigenvalue weighted by molar-refractivity contribution is 6.43. The third kappa shape index (κ3) is 1.77. The standard InChI is InChI=1S/C4H3Cl2N3/c5-3(6)4-8-1-7-2-9-4/h1-3H. The van der Waals surface area contributed by atoms with Crippen LogP contribution < -0.4 is 0 Å². The normalized spacial score (nSPS) is 10.1. The average Bonchev–Trinajstić information content (AvgIpc) is 1.90. The molecule has 0 bridgehead atoms. The maximum atomic E-state index is 5.42. The molecular formula is C4H3Cl2N3. The lowest BCUT2D eigenvalue weighted by Crippen LogP contribution is -1.92. The Hall–Kier alpha value is -0.410. The summed E-state index contributed by atoms with van der Waals surface area (Å²) in [5, 5.41) is 0. The van der Waals surface area contributed by atoms with E-state index in [1.807, 2.05) is 0 Å². The van der Waals surface area contributed by atoms with Crippen molar-refractivity contribution in [2.45, 2.75) is 4.84 Å². The van der Waals surface area contributed by atoms with Gasteiger partial charge in [0.1, 0.15) is 12.7 Å². The summed E-state index contributed by atoms with van der Waals surface area (Å²) >= 11 is 10.8. The lowest BCUT2D eigenvalue weighted by atomic mass is 10.7. The Morgan fingerprint density at radius 2 is 1.78 bits per heavy atom. The molecule has 0 saturated carbocycles. The highest BCUT2D eigenvalue weighted by Crippen LogP contribution is 2.18. The van der Waals surface area contributed by atoms with Crippen LogP contribution in [0.15, 0.2) is 12.7 Å². The van der Waals surface area contributed by atoms with E-state index < -0.39 is 4.84 Å². The molecular weight excluding hydrogens is 161 g/mol. The number of nitrogens with zero attached hydrogens (tertiary/aromatic N) is 3. The first-order chi connectivity index (χ1) is 4.30. The van der Waals surface area contributed by atoms with Crippen molar-refractivity contribution in [1.29, 1.82) is 0 Å². The van der Waals surface area contributed by atoms with Crippen molar-refractivity contribution in [3.05, 3.63) is 18.5 Å². The first-order valence-electron chi connectivity index (χ1n) is 2.21. The lowest BCUT2D eigenvalue weighted by molar-refractivity contribution is 0.946. The van der Waals surface area contributed by atoms with E-state index in [-0.39, 0.29) is 0 Å². The van der Waals surface area contributed by atoms with Crippen LogP contribution in [0.3, 0.4) is 0 Å². The van der Waals surface area contributed by atoms with Gasteiger partial charge in [-0.25, -0.2) is 15.0 Å². The van der Waals surface area contributed by atoms with E-state index in [0.29, 0.717) is 5.82 Å². The number of aromatic nitrogens is 3. The second kappa shape index (κ2) is 2.94. The second-order valence-corrected chi connectivity index (χ2v) is 2.39. The van der Waals surface area contributed by atoms with Crippen LogP contribution in [-0.2, 0) is 0 Å². The molecule has 0 spiro atoms. The maximum Gasteiger partial charge on any atom is 0.167 e. The van der Waals surface area contributed by atoms with Gasteiger partial charge in [-0.3, -0.25) is 0 Å². The fourth-order valence-electron chi connectivity index (χ4n) is 0.361. The largest absolute Gasteiger partial charge is 0.225 e. The molecule has 0 unspecified atom stereocenters. The fraction of sp³-hybridized carbons (Fsp3) is 0.250. The van der Waals surface area contributed by atoms with Gasteiger partial charge < -0.3 is 0 Å². The summed E-state index contributed by atoms with van der Waals surface area (Å²) in [6.45, 7) is 0. The van der Waals surface area contributed by atoms with Gasteiger partial charge in [0.25, 0.3) is 0 Å². The minimum atomic E-state index is -0.659. The van der Waals surface area contributed by atoms with Crippen LogP contribution in [-0.4, -0.2) is 15.0 Å². The van der Waals surface area contributed by atoms with Crippen LogP contribution in [0.25, 0.3) is 0 Å². The van der Waals surface area contributed by atoms with Crippen molar-refractivity contribution < 1.29 is 0 Å². The van der Waals surface area contributed by atoms with Gasteiger partial charge in [0, 0.05) is 0 Å². The van der Waals surface area contributed by atoms with Crippen LogP contribution in [0.1, 0.15) is 10.7 Å². The fourth-order valence-corrected chi connectivity index (χ4v) is 0.586. The van der Waals surface area contributed by atoms with E-state index in [0.717, 1.165) is 0 Å². The minimum absolute atomic E-state index is 0.383. The third-order valence-electron chi connectivity index (χ3n) is 0.709. The Labute approximate surface area is 62.1 Å². The molecule has 0 amide bonds. The molecule has 9 heavy (non-hydrogen) atoms. The zero-order valence-corrected chi connectivity index (χ0v) is 5.84. The molecule has 1 rings (SSSR count).